The Labute approximate surface area is 93.9 Å². The standard InChI is InChI=1S/C9H12ClNO2.ClH/c1-5(12)8(11)6-3-2-4-7(10)9(6)13;/h2-5,8,12-13H,11H2,1H3;1H/t5-,8-;/m1./s1. The fraction of sp³-hybridized carbons (Fsp3) is 0.333. The highest BCUT2D eigenvalue weighted by molar-refractivity contribution is 6.32. The number of hydrogen-bond acceptors (Lipinski definition) is 3. The third kappa shape index (κ3) is 2.75. The SMILES string of the molecule is C[C@@H](O)[C@@H](N)c1cccc(Cl)c1O.Cl. The first-order valence-corrected chi connectivity index (χ1v) is 4.33. The van der Waals surface area contributed by atoms with E-state index in [9.17, 15) is 10.2 Å². The van der Waals surface area contributed by atoms with Crippen molar-refractivity contribution in [1.29, 1.82) is 0 Å². The number of halogens is 2. The van der Waals surface area contributed by atoms with Gasteiger partial charge in [-0.1, -0.05) is 23.7 Å². The fourth-order valence-corrected chi connectivity index (χ4v) is 1.24. The number of aliphatic hydroxyl groups is 1. The molecule has 14 heavy (non-hydrogen) atoms. The Bertz CT molecular complexity index is 305. The number of nitrogens with two attached hydrogens (primary N) is 1. The normalized spacial score (nSPS) is 14.3. The number of rotatable bonds is 2. The Kier molecular flexibility index (Phi) is 5.23. The molecule has 0 radical (unpaired) electrons. The molecule has 3 nitrogen and oxygen atoms in total. The van der Waals surface area contributed by atoms with E-state index in [0.29, 0.717) is 5.56 Å². The first-order chi connectivity index (χ1) is 6.04. The van der Waals surface area contributed by atoms with Gasteiger partial charge in [0.05, 0.1) is 17.2 Å². The first kappa shape index (κ1) is 13.5. The summed E-state index contributed by atoms with van der Waals surface area (Å²) in [5, 5.41) is 18.9. The second-order valence-corrected chi connectivity index (χ2v) is 3.35. The summed E-state index contributed by atoms with van der Waals surface area (Å²) >= 11 is 5.68. The number of aromatic hydroxyl groups is 1. The molecule has 0 aliphatic heterocycles. The molecule has 5 heteroatoms. The van der Waals surface area contributed by atoms with Gasteiger partial charge in [-0.15, -0.1) is 12.4 Å². The lowest BCUT2D eigenvalue weighted by atomic mass is 10.0. The van der Waals surface area contributed by atoms with Gasteiger partial charge in [-0.25, -0.2) is 0 Å². The van der Waals surface area contributed by atoms with E-state index < -0.39 is 12.1 Å². The molecule has 1 aromatic carbocycles. The van der Waals surface area contributed by atoms with Gasteiger partial charge in [0.15, 0.2) is 0 Å². The molecule has 0 fully saturated rings. The van der Waals surface area contributed by atoms with Crippen LogP contribution in [-0.2, 0) is 0 Å². The van der Waals surface area contributed by atoms with Crippen LogP contribution < -0.4 is 5.73 Å². The Morgan fingerprint density at radius 1 is 1.43 bits per heavy atom. The van der Waals surface area contributed by atoms with Crippen molar-refractivity contribution in [3.8, 4) is 5.75 Å². The summed E-state index contributed by atoms with van der Waals surface area (Å²) in [6.07, 6.45) is -0.718. The van der Waals surface area contributed by atoms with Gasteiger partial charge in [0.25, 0.3) is 0 Å². The summed E-state index contributed by atoms with van der Waals surface area (Å²) in [6, 6.07) is 4.27. The maximum absolute atomic E-state index is 9.49. The molecule has 0 aromatic heterocycles. The van der Waals surface area contributed by atoms with Crippen LogP contribution in [-0.4, -0.2) is 16.3 Å². The van der Waals surface area contributed by atoms with Crippen molar-refractivity contribution in [3.05, 3.63) is 28.8 Å². The molecule has 2 atom stereocenters. The minimum absolute atomic E-state index is 0. The van der Waals surface area contributed by atoms with Gasteiger partial charge in [-0.3, -0.25) is 0 Å². The van der Waals surface area contributed by atoms with E-state index in [2.05, 4.69) is 0 Å². The summed E-state index contributed by atoms with van der Waals surface area (Å²) in [5.41, 5.74) is 6.10. The summed E-state index contributed by atoms with van der Waals surface area (Å²) in [5.74, 6) is -0.0578. The highest BCUT2D eigenvalue weighted by atomic mass is 35.5. The van der Waals surface area contributed by atoms with Gasteiger partial charge in [0.2, 0.25) is 0 Å². The second-order valence-electron chi connectivity index (χ2n) is 2.94. The topological polar surface area (TPSA) is 66.5 Å². The zero-order chi connectivity index (χ0) is 10.0. The van der Waals surface area contributed by atoms with Gasteiger partial charge in [0, 0.05) is 5.56 Å². The van der Waals surface area contributed by atoms with Crippen molar-refractivity contribution in [1.82, 2.24) is 0 Å². The minimum Gasteiger partial charge on any atom is -0.506 e. The highest BCUT2D eigenvalue weighted by Crippen LogP contribution is 2.31. The lowest BCUT2D eigenvalue weighted by molar-refractivity contribution is 0.163. The average Bonchev–Trinajstić information content (AvgIpc) is 2.08. The molecule has 0 spiro atoms. The number of hydrogen-bond donors (Lipinski definition) is 3. The molecule has 1 rings (SSSR count). The van der Waals surface area contributed by atoms with E-state index in [1.54, 1.807) is 25.1 Å². The summed E-state index contributed by atoms with van der Waals surface area (Å²) in [6.45, 7) is 1.56. The van der Waals surface area contributed by atoms with E-state index in [1.807, 2.05) is 0 Å². The van der Waals surface area contributed by atoms with Crippen molar-refractivity contribution < 1.29 is 10.2 Å². The Hall–Kier alpha value is -0.480. The summed E-state index contributed by atoms with van der Waals surface area (Å²) < 4.78 is 0. The Morgan fingerprint density at radius 3 is 2.50 bits per heavy atom. The third-order valence-corrected chi connectivity index (χ3v) is 2.20. The van der Waals surface area contributed by atoms with Crippen LogP contribution in [0.15, 0.2) is 18.2 Å². The third-order valence-electron chi connectivity index (χ3n) is 1.90. The molecule has 0 saturated heterocycles. The predicted molar refractivity (Wildman–Crippen MR) is 59.0 cm³/mol. The van der Waals surface area contributed by atoms with Crippen LogP contribution in [0.25, 0.3) is 0 Å². The zero-order valence-corrected chi connectivity index (χ0v) is 9.22. The number of phenols is 1. The van der Waals surface area contributed by atoms with Crippen LogP contribution in [0, 0.1) is 0 Å². The highest BCUT2D eigenvalue weighted by Gasteiger charge is 2.16. The van der Waals surface area contributed by atoms with Crippen molar-refractivity contribution in [2.24, 2.45) is 5.73 Å². The number of phenolic OH excluding ortho intramolecular Hbond substituents is 1. The number of aliphatic hydroxyl groups excluding tert-OH is 1. The molecule has 0 aliphatic carbocycles. The molecule has 0 heterocycles. The fourth-order valence-electron chi connectivity index (χ4n) is 1.06. The molecule has 4 N–H and O–H groups in total. The molecule has 0 unspecified atom stereocenters. The van der Waals surface area contributed by atoms with Crippen LogP contribution >= 0.6 is 24.0 Å². The molecular weight excluding hydrogens is 225 g/mol. The largest absolute Gasteiger partial charge is 0.506 e. The van der Waals surface area contributed by atoms with Gasteiger partial charge >= 0.3 is 0 Å². The van der Waals surface area contributed by atoms with Gasteiger partial charge in [0.1, 0.15) is 5.75 Å². The van der Waals surface area contributed by atoms with Crippen LogP contribution in [0.3, 0.4) is 0 Å². The van der Waals surface area contributed by atoms with Crippen LogP contribution in [0.2, 0.25) is 5.02 Å². The molecular formula is C9H13Cl2NO2. The van der Waals surface area contributed by atoms with Gasteiger partial charge < -0.3 is 15.9 Å². The Balaban J connectivity index is 0.00000169. The maximum Gasteiger partial charge on any atom is 0.139 e. The van der Waals surface area contributed by atoms with Crippen LogP contribution in [0.4, 0.5) is 0 Å². The van der Waals surface area contributed by atoms with Crippen LogP contribution in [0.5, 0.6) is 5.75 Å². The van der Waals surface area contributed by atoms with E-state index in [0.717, 1.165) is 0 Å². The molecule has 1 aromatic rings. The number of para-hydroxylation sites is 1. The van der Waals surface area contributed by atoms with Crippen molar-refractivity contribution in [2.75, 3.05) is 0 Å². The second kappa shape index (κ2) is 5.41. The smallest absolute Gasteiger partial charge is 0.139 e. The van der Waals surface area contributed by atoms with Crippen molar-refractivity contribution >= 4 is 24.0 Å². The van der Waals surface area contributed by atoms with Gasteiger partial charge in [-0.05, 0) is 13.0 Å². The molecule has 0 amide bonds. The van der Waals surface area contributed by atoms with Crippen LogP contribution in [0.1, 0.15) is 18.5 Å². The molecule has 80 valence electrons. The Morgan fingerprint density at radius 2 is 2.00 bits per heavy atom. The van der Waals surface area contributed by atoms with E-state index in [1.165, 1.54) is 0 Å². The van der Waals surface area contributed by atoms with Gasteiger partial charge in [-0.2, -0.15) is 0 Å². The molecule has 0 saturated carbocycles. The van der Waals surface area contributed by atoms with Crippen molar-refractivity contribution in [3.63, 3.8) is 0 Å². The average molecular weight is 238 g/mol. The quantitative estimate of drug-likeness (QED) is 0.736. The summed E-state index contributed by atoms with van der Waals surface area (Å²) in [7, 11) is 0. The maximum atomic E-state index is 9.49. The minimum atomic E-state index is -0.718. The van der Waals surface area contributed by atoms with E-state index >= 15 is 0 Å². The monoisotopic (exact) mass is 237 g/mol. The summed E-state index contributed by atoms with van der Waals surface area (Å²) in [4.78, 5) is 0. The zero-order valence-electron chi connectivity index (χ0n) is 7.64. The lowest BCUT2D eigenvalue weighted by Crippen LogP contribution is -2.23. The van der Waals surface area contributed by atoms with E-state index in [-0.39, 0.29) is 23.2 Å². The number of benzene rings is 1. The predicted octanol–water partition coefficient (Wildman–Crippen LogP) is 1.85. The van der Waals surface area contributed by atoms with Crippen molar-refractivity contribution in [2.45, 2.75) is 19.1 Å². The lowest BCUT2D eigenvalue weighted by Gasteiger charge is -2.16. The van der Waals surface area contributed by atoms with E-state index in [4.69, 9.17) is 17.3 Å². The molecule has 0 aliphatic rings. The first-order valence-electron chi connectivity index (χ1n) is 3.95. The molecule has 0 bridgehead atoms.